The van der Waals surface area contributed by atoms with Crippen LogP contribution in [0.25, 0.3) is 33.0 Å². The van der Waals surface area contributed by atoms with Crippen LogP contribution in [0.1, 0.15) is 52.3 Å². The van der Waals surface area contributed by atoms with E-state index >= 15 is 0 Å². The van der Waals surface area contributed by atoms with E-state index in [4.69, 9.17) is 9.40 Å². The second kappa shape index (κ2) is 8.79. The van der Waals surface area contributed by atoms with Gasteiger partial charge in [-0.05, 0) is 80.6 Å². The van der Waals surface area contributed by atoms with Gasteiger partial charge < -0.3 is 9.32 Å². The van der Waals surface area contributed by atoms with Crippen molar-refractivity contribution in [1.29, 1.82) is 0 Å². The number of nitrogens with zero attached hydrogens (tertiary/aromatic N) is 3. The molecule has 0 saturated carbocycles. The number of hydrogen-bond donors (Lipinski definition) is 0. The van der Waals surface area contributed by atoms with Crippen molar-refractivity contribution < 1.29 is 4.42 Å². The van der Waals surface area contributed by atoms with Gasteiger partial charge in [0.1, 0.15) is 11.4 Å². The first-order valence-corrected chi connectivity index (χ1v) is 12.2. The molecule has 2 aromatic heterocycles. The van der Waals surface area contributed by atoms with E-state index in [0.29, 0.717) is 17.3 Å². The van der Waals surface area contributed by atoms with E-state index in [2.05, 4.69) is 44.7 Å². The quantitative estimate of drug-likeness (QED) is 0.377. The van der Waals surface area contributed by atoms with Gasteiger partial charge in [-0.3, -0.25) is 9.36 Å². The lowest BCUT2D eigenvalue weighted by molar-refractivity contribution is 0.129. The summed E-state index contributed by atoms with van der Waals surface area (Å²) in [5, 5.41) is 1.76. The van der Waals surface area contributed by atoms with Gasteiger partial charge in [-0.25, -0.2) is 4.98 Å². The zero-order valence-electron chi connectivity index (χ0n) is 20.0. The van der Waals surface area contributed by atoms with Crippen molar-refractivity contribution in [3.8, 4) is 11.1 Å². The second-order valence-corrected chi connectivity index (χ2v) is 10.0. The first kappa shape index (κ1) is 21.9. The Hall–Kier alpha value is -2.92. The molecule has 5 nitrogen and oxygen atoms in total. The standard InChI is InChI=1S/C28H33N3O2/c1-18(2)27-29-25-9-7-22(21-8-10-26-23(14-21)11-13-33-26)15-24(25)28(32)31(27)17-20-6-5-12-30(16-20)19(3)4/h7-11,13-15,18-20H,5-6,12,16-17H2,1-4H3/t20-/m0/s1. The molecule has 5 heteroatoms. The Morgan fingerprint density at radius 2 is 1.85 bits per heavy atom. The minimum atomic E-state index is 0.0802. The molecular weight excluding hydrogens is 410 g/mol. The van der Waals surface area contributed by atoms with Gasteiger partial charge in [-0.15, -0.1) is 0 Å². The summed E-state index contributed by atoms with van der Waals surface area (Å²) in [5.41, 5.74) is 3.83. The third-order valence-electron chi connectivity index (χ3n) is 7.01. The van der Waals surface area contributed by atoms with Crippen LogP contribution in [0.4, 0.5) is 0 Å². The minimum absolute atomic E-state index is 0.0802. The third kappa shape index (κ3) is 4.22. The number of furan rings is 1. The van der Waals surface area contributed by atoms with E-state index in [9.17, 15) is 4.79 Å². The predicted octanol–water partition coefficient (Wildman–Crippen LogP) is 6.05. The summed E-state index contributed by atoms with van der Waals surface area (Å²) in [5.74, 6) is 1.55. The number of aromatic nitrogens is 2. The maximum absolute atomic E-state index is 13.8. The molecule has 0 amide bonds. The molecule has 1 aliphatic rings. The summed E-state index contributed by atoms with van der Waals surface area (Å²) in [7, 11) is 0. The molecule has 2 aromatic carbocycles. The topological polar surface area (TPSA) is 51.3 Å². The third-order valence-corrected chi connectivity index (χ3v) is 7.01. The molecule has 1 aliphatic heterocycles. The van der Waals surface area contributed by atoms with Crippen molar-refractivity contribution in [2.45, 2.75) is 59.0 Å². The Morgan fingerprint density at radius 1 is 1.06 bits per heavy atom. The summed E-state index contributed by atoms with van der Waals surface area (Å²) < 4.78 is 7.44. The summed E-state index contributed by atoms with van der Waals surface area (Å²) in [6.07, 6.45) is 4.06. The first-order chi connectivity index (χ1) is 15.9. The van der Waals surface area contributed by atoms with E-state index in [1.165, 1.54) is 6.42 Å². The zero-order valence-corrected chi connectivity index (χ0v) is 20.0. The lowest BCUT2D eigenvalue weighted by Gasteiger charge is -2.36. The monoisotopic (exact) mass is 443 g/mol. The molecule has 1 atom stereocenters. The molecule has 4 aromatic rings. The smallest absolute Gasteiger partial charge is 0.261 e. The molecule has 0 spiro atoms. The van der Waals surface area contributed by atoms with Crippen LogP contribution in [-0.4, -0.2) is 33.6 Å². The van der Waals surface area contributed by atoms with E-state index in [0.717, 1.165) is 59.5 Å². The fourth-order valence-electron chi connectivity index (χ4n) is 5.15. The van der Waals surface area contributed by atoms with Gasteiger partial charge in [0.05, 0.1) is 17.2 Å². The summed E-state index contributed by atoms with van der Waals surface area (Å²) >= 11 is 0. The average molecular weight is 444 g/mol. The maximum Gasteiger partial charge on any atom is 0.261 e. The molecule has 0 aliphatic carbocycles. The van der Waals surface area contributed by atoms with Crippen LogP contribution in [0.15, 0.2) is 57.9 Å². The lowest BCUT2D eigenvalue weighted by Crippen LogP contribution is -2.42. The maximum atomic E-state index is 13.8. The summed E-state index contributed by atoms with van der Waals surface area (Å²) in [6.45, 7) is 11.7. The van der Waals surface area contributed by atoms with Crippen LogP contribution >= 0.6 is 0 Å². The molecule has 0 unspecified atom stereocenters. The summed E-state index contributed by atoms with van der Waals surface area (Å²) in [6, 6.07) is 14.7. The number of piperidine rings is 1. The van der Waals surface area contributed by atoms with E-state index in [-0.39, 0.29) is 11.5 Å². The van der Waals surface area contributed by atoms with Crippen LogP contribution < -0.4 is 5.56 Å². The SMILES string of the molecule is CC(C)c1nc2ccc(-c3ccc4occc4c3)cc2c(=O)n1C[C@H]1CCCN(C(C)C)C1. The molecule has 1 fully saturated rings. The Kier molecular flexibility index (Phi) is 5.83. The Bertz CT molecular complexity index is 1350. The van der Waals surface area contributed by atoms with Crippen molar-refractivity contribution in [3.63, 3.8) is 0 Å². The Balaban J connectivity index is 1.56. The van der Waals surface area contributed by atoms with Gasteiger partial charge in [-0.1, -0.05) is 26.0 Å². The fraction of sp³-hybridized carbons (Fsp3) is 0.429. The molecular formula is C28H33N3O2. The zero-order chi connectivity index (χ0) is 23.1. The molecule has 5 rings (SSSR count). The number of rotatable bonds is 5. The van der Waals surface area contributed by atoms with Crippen molar-refractivity contribution in [2.75, 3.05) is 13.1 Å². The van der Waals surface area contributed by atoms with E-state index in [1.54, 1.807) is 6.26 Å². The number of likely N-dealkylation sites (tertiary alicyclic amines) is 1. The molecule has 172 valence electrons. The van der Waals surface area contributed by atoms with Crippen LogP contribution in [0.5, 0.6) is 0 Å². The molecule has 0 radical (unpaired) electrons. The lowest BCUT2D eigenvalue weighted by atomic mass is 9.96. The minimum Gasteiger partial charge on any atom is -0.464 e. The van der Waals surface area contributed by atoms with Crippen molar-refractivity contribution in [3.05, 3.63) is 64.9 Å². The number of benzene rings is 2. The van der Waals surface area contributed by atoms with Gasteiger partial charge in [0.2, 0.25) is 0 Å². The fourth-order valence-corrected chi connectivity index (χ4v) is 5.15. The van der Waals surface area contributed by atoms with Crippen molar-refractivity contribution in [2.24, 2.45) is 5.92 Å². The van der Waals surface area contributed by atoms with Crippen LogP contribution in [-0.2, 0) is 6.54 Å². The van der Waals surface area contributed by atoms with Gasteiger partial charge in [0.15, 0.2) is 0 Å². The van der Waals surface area contributed by atoms with E-state index in [1.807, 2.05) is 34.9 Å². The van der Waals surface area contributed by atoms with Crippen LogP contribution in [0.3, 0.4) is 0 Å². The van der Waals surface area contributed by atoms with Gasteiger partial charge in [-0.2, -0.15) is 0 Å². The van der Waals surface area contributed by atoms with Gasteiger partial charge in [0.25, 0.3) is 5.56 Å². The van der Waals surface area contributed by atoms with Crippen molar-refractivity contribution in [1.82, 2.24) is 14.5 Å². The first-order valence-electron chi connectivity index (χ1n) is 12.2. The Morgan fingerprint density at radius 3 is 2.64 bits per heavy atom. The highest BCUT2D eigenvalue weighted by atomic mass is 16.3. The molecule has 3 heterocycles. The normalized spacial score (nSPS) is 17.6. The average Bonchev–Trinajstić information content (AvgIpc) is 3.28. The van der Waals surface area contributed by atoms with Crippen molar-refractivity contribution >= 4 is 21.9 Å². The highest BCUT2D eigenvalue weighted by Gasteiger charge is 2.24. The molecule has 0 bridgehead atoms. The molecule has 0 N–H and O–H groups in total. The summed E-state index contributed by atoms with van der Waals surface area (Å²) in [4.78, 5) is 21.3. The highest BCUT2D eigenvalue weighted by molar-refractivity contribution is 5.88. The molecule has 1 saturated heterocycles. The Labute approximate surface area is 195 Å². The van der Waals surface area contributed by atoms with E-state index < -0.39 is 0 Å². The van der Waals surface area contributed by atoms with Gasteiger partial charge >= 0.3 is 0 Å². The second-order valence-electron chi connectivity index (χ2n) is 10.0. The molecule has 33 heavy (non-hydrogen) atoms. The highest BCUT2D eigenvalue weighted by Crippen LogP contribution is 2.28. The number of hydrogen-bond acceptors (Lipinski definition) is 4. The van der Waals surface area contributed by atoms with Gasteiger partial charge in [0, 0.05) is 30.4 Å². The number of fused-ring (bicyclic) bond motifs is 2. The largest absolute Gasteiger partial charge is 0.464 e. The van der Waals surface area contributed by atoms with Crippen LogP contribution in [0.2, 0.25) is 0 Å². The van der Waals surface area contributed by atoms with Crippen LogP contribution in [0, 0.1) is 5.92 Å². The predicted molar refractivity (Wildman–Crippen MR) is 135 cm³/mol.